The Bertz CT molecular complexity index is 772. The molecule has 2 aromatic heterocycles. The summed E-state index contributed by atoms with van der Waals surface area (Å²) in [5, 5.41) is 2.70. The van der Waals surface area contributed by atoms with Gasteiger partial charge in [-0.25, -0.2) is 4.98 Å². The number of nitrogens with zero attached hydrogens (tertiary/aromatic N) is 1. The van der Waals surface area contributed by atoms with Crippen LogP contribution in [0.4, 0.5) is 0 Å². The number of thiophene rings is 1. The highest BCUT2D eigenvalue weighted by Gasteiger charge is 2.13. The van der Waals surface area contributed by atoms with Crippen molar-refractivity contribution in [3.8, 4) is 11.1 Å². The Labute approximate surface area is 115 Å². The third-order valence-electron chi connectivity index (χ3n) is 3.09. The summed E-state index contributed by atoms with van der Waals surface area (Å²) in [4.78, 5) is 20.5. The first-order valence-electron chi connectivity index (χ1n) is 6.23. The van der Waals surface area contributed by atoms with Crippen LogP contribution in [0.3, 0.4) is 0 Å². The lowest BCUT2D eigenvalue weighted by atomic mass is 10.1. The fraction of sp³-hybridized carbons (Fsp3) is 0.200. The molecule has 1 aromatic carbocycles. The normalized spacial score (nSPS) is 11.3. The van der Waals surface area contributed by atoms with Crippen LogP contribution in [0.5, 0.6) is 0 Å². The van der Waals surface area contributed by atoms with Crippen LogP contribution in [0.1, 0.15) is 25.6 Å². The molecule has 0 spiro atoms. The summed E-state index contributed by atoms with van der Waals surface area (Å²) in [5.74, 6) is 0.971. The quantitative estimate of drug-likeness (QED) is 0.770. The highest BCUT2D eigenvalue weighted by Crippen LogP contribution is 2.30. The van der Waals surface area contributed by atoms with Gasteiger partial charge in [-0.15, -0.1) is 11.3 Å². The van der Waals surface area contributed by atoms with E-state index in [4.69, 9.17) is 0 Å². The average molecular weight is 270 g/mol. The Morgan fingerprint density at radius 2 is 1.95 bits per heavy atom. The highest BCUT2D eigenvalue weighted by molar-refractivity contribution is 7.17. The molecule has 0 fully saturated rings. The SMILES string of the molecule is CC(C)c1nc2scc(-c3ccccc3)c2c(=O)[nH]1. The number of aromatic amines is 1. The van der Waals surface area contributed by atoms with Gasteiger partial charge >= 0.3 is 0 Å². The van der Waals surface area contributed by atoms with E-state index in [-0.39, 0.29) is 11.5 Å². The molecule has 19 heavy (non-hydrogen) atoms. The number of nitrogens with one attached hydrogen (secondary N) is 1. The van der Waals surface area contributed by atoms with E-state index in [1.54, 1.807) is 0 Å². The lowest BCUT2D eigenvalue weighted by molar-refractivity contribution is 0.778. The van der Waals surface area contributed by atoms with Gasteiger partial charge in [-0.2, -0.15) is 0 Å². The highest BCUT2D eigenvalue weighted by atomic mass is 32.1. The van der Waals surface area contributed by atoms with Gasteiger partial charge in [-0.3, -0.25) is 4.79 Å². The molecule has 0 atom stereocenters. The monoisotopic (exact) mass is 270 g/mol. The average Bonchev–Trinajstić information content (AvgIpc) is 2.84. The molecular formula is C15H14N2OS. The zero-order chi connectivity index (χ0) is 13.4. The van der Waals surface area contributed by atoms with Gasteiger partial charge in [0.15, 0.2) is 0 Å². The fourth-order valence-corrected chi connectivity index (χ4v) is 3.02. The first-order valence-corrected chi connectivity index (χ1v) is 7.11. The van der Waals surface area contributed by atoms with Crippen molar-refractivity contribution in [2.45, 2.75) is 19.8 Å². The first kappa shape index (κ1) is 12.1. The maximum Gasteiger partial charge on any atom is 0.260 e. The molecule has 3 aromatic rings. The molecule has 96 valence electrons. The van der Waals surface area contributed by atoms with Crippen molar-refractivity contribution in [1.29, 1.82) is 0 Å². The first-order chi connectivity index (χ1) is 9.16. The van der Waals surface area contributed by atoms with Crippen molar-refractivity contribution < 1.29 is 0 Å². The maximum absolute atomic E-state index is 12.3. The Kier molecular flexibility index (Phi) is 2.95. The number of aromatic nitrogens is 2. The van der Waals surface area contributed by atoms with E-state index in [0.29, 0.717) is 5.39 Å². The summed E-state index contributed by atoms with van der Waals surface area (Å²) in [5.41, 5.74) is 1.97. The van der Waals surface area contributed by atoms with E-state index in [2.05, 4.69) is 9.97 Å². The standard InChI is InChI=1S/C15H14N2OS/c1-9(2)13-16-14(18)12-11(8-19-15(12)17-13)10-6-4-3-5-7-10/h3-9H,1-2H3,(H,16,17,18). The van der Waals surface area contributed by atoms with Crippen LogP contribution >= 0.6 is 11.3 Å². The van der Waals surface area contributed by atoms with Crippen molar-refractivity contribution in [1.82, 2.24) is 9.97 Å². The number of rotatable bonds is 2. The number of H-pyrrole nitrogens is 1. The molecule has 0 aliphatic rings. The third kappa shape index (κ3) is 2.08. The molecule has 0 bridgehead atoms. The molecule has 0 aliphatic carbocycles. The minimum absolute atomic E-state index is 0.0474. The van der Waals surface area contributed by atoms with Crippen LogP contribution in [-0.2, 0) is 0 Å². The van der Waals surface area contributed by atoms with E-state index >= 15 is 0 Å². The maximum atomic E-state index is 12.3. The van der Waals surface area contributed by atoms with Crippen LogP contribution in [-0.4, -0.2) is 9.97 Å². The van der Waals surface area contributed by atoms with E-state index in [1.165, 1.54) is 11.3 Å². The van der Waals surface area contributed by atoms with Gasteiger partial charge in [0.1, 0.15) is 10.7 Å². The second-order valence-electron chi connectivity index (χ2n) is 4.80. The number of fused-ring (bicyclic) bond motifs is 1. The molecule has 2 heterocycles. The zero-order valence-corrected chi connectivity index (χ0v) is 11.6. The Morgan fingerprint density at radius 3 is 2.63 bits per heavy atom. The summed E-state index contributed by atoms with van der Waals surface area (Å²) < 4.78 is 0. The molecule has 3 rings (SSSR count). The minimum atomic E-state index is -0.0474. The van der Waals surface area contributed by atoms with Crippen molar-refractivity contribution >= 4 is 21.6 Å². The summed E-state index contributed by atoms with van der Waals surface area (Å²) in [6, 6.07) is 9.94. The van der Waals surface area contributed by atoms with Crippen molar-refractivity contribution in [3.05, 3.63) is 51.9 Å². The smallest absolute Gasteiger partial charge is 0.260 e. The zero-order valence-electron chi connectivity index (χ0n) is 10.8. The Hall–Kier alpha value is -1.94. The molecule has 4 heteroatoms. The van der Waals surface area contributed by atoms with Gasteiger partial charge in [0.2, 0.25) is 0 Å². The van der Waals surface area contributed by atoms with Crippen molar-refractivity contribution in [3.63, 3.8) is 0 Å². The van der Waals surface area contributed by atoms with E-state index in [1.807, 2.05) is 49.6 Å². The predicted molar refractivity (Wildman–Crippen MR) is 79.8 cm³/mol. The van der Waals surface area contributed by atoms with E-state index in [9.17, 15) is 4.79 Å². The molecule has 0 saturated carbocycles. The summed E-state index contributed by atoms with van der Waals surface area (Å²) in [7, 11) is 0. The molecule has 0 saturated heterocycles. The fourth-order valence-electron chi connectivity index (χ4n) is 2.07. The van der Waals surface area contributed by atoms with Crippen LogP contribution in [0.25, 0.3) is 21.3 Å². The lowest BCUT2D eigenvalue weighted by Gasteiger charge is -2.04. The number of hydrogen-bond acceptors (Lipinski definition) is 3. The number of benzene rings is 1. The molecule has 1 N–H and O–H groups in total. The van der Waals surface area contributed by atoms with E-state index in [0.717, 1.165) is 21.8 Å². The van der Waals surface area contributed by atoms with Crippen LogP contribution in [0.15, 0.2) is 40.5 Å². The van der Waals surface area contributed by atoms with Gasteiger partial charge in [-0.1, -0.05) is 44.2 Å². The van der Waals surface area contributed by atoms with Gasteiger partial charge in [-0.05, 0) is 5.56 Å². The van der Waals surface area contributed by atoms with E-state index < -0.39 is 0 Å². The molecule has 0 aliphatic heterocycles. The van der Waals surface area contributed by atoms with Crippen LogP contribution < -0.4 is 5.56 Å². The largest absolute Gasteiger partial charge is 0.310 e. The molecular weight excluding hydrogens is 256 g/mol. The van der Waals surface area contributed by atoms with Crippen LogP contribution in [0, 0.1) is 0 Å². The van der Waals surface area contributed by atoms with Crippen LogP contribution in [0.2, 0.25) is 0 Å². The molecule has 0 unspecified atom stereocenters. The molecule has 3 nitrogen and oxygen atoms in total. The molecule has 0 amide bonds. The second kappa shape index (κ2) is 4.63. The lowest BCUT2D eigenvalue weighted by Crippen LogP contribution is -2.12. The summed E-state index contributed by atoms with van der Waals surface area (Å²) in [6.07, 6.45) is 0. The second-order valence-corrected chi connectivity index (χ2v) is 5.66. The topological polar surface area (TPSA) is 45.8 Å². The Morgan fingerprint density at radius 1 is 1.21 bits per heavy atom. The van der Waals surface area contributed by atoms with Gasteiger partial charge < -0.3 is 4.98 Å². The molecule has 0 radical (unpaired) electrons. The van der Waals surface area contributed by atoms with Gasteiger partial charge in [0, 0.05) is 16.9 Å². The predicted octanol–water partition coefficient (Wildman–Crippen LogP) is 3.78. The third-order valence-corrected chi connectivity index (χ3v) is 3.97. The minimum Gasteiger partial charge on any atom is -0.310 e. The van der Waals surface area contributed by atoms with Crippen molar-refractivity contribution in [2.24, 2.45) is 0 Å². The summed E-state index contributed by atoms with van der Waals surface area (Å²) in [6.45, 7) is 4.05. The van der Waals surface area contributed by atoms with Gasteiger partial charge in [0.25, 0.3) is 5.56 Å². The summed E-state index contributed by atoms with van der Waals surface area (Å²) >= 11 is 1.52. The van der Waals surface area contributed by atoms with Crippen molar-refractivity contribution in [2.75, 3.05) is 0 Å². The number of hydrogen-bond donors (Lipinski definition) is 1. The Balaban J connectivity index is 2.28. The van der Waals surface area contributed by atoms with Gasteiger partial charge in [0.05, 0.1) is 5.39 Å².